The molecule has 2 aliphatic rings. The molecule has 17 heteroatoms. The first-order valence-corrected chi connectivity index (χ1v) is 37.7. The largest absolute Gasteiger partial charge is 1.00 e. The van der Waals surface area contributed by atoms with Crippen LogP contribution >= 0.6 is 99.9 Å². The van der Waals surface area contributed by atoms with Crippen LogP contribution in [0.3, 0.4) is 0 Å². The Morgan fingerprint density at radius 2 is 1.16 bits per heavy atom. The number of benzene rings is 2. The Kier molecular flexibility index (Phi) is 33.0. The van der Waals surface area contributed by atoms with Gasteiger partial charge in [-0.25, -0.2) is 0 Å². The molecule has 0 spiro atoms. The van der Waals surface area contributed by atoms with Gasteiger partial charge in [-0.05, 0) is 79.8 Å². The first kappa shape index (κ1) is 48.6. The van der Waals surface area contributed by atoms with Crippen LogP contribution in [0.15, 0.2) is 58.3 Å². The summed E-state index contributed by atoms with van der Waals surface area (Å²) in [6, 6.07) is 14.5. The van der Waals surface area contributed by atoms with Crippen molar-refractivity contribution in [2.45, 2.75) is 55.2 Å². The number of carbonyl (C=O) groups is 2. The molecule has 0 heterocycles. The van der Waals surface area contributed by atoms with Crippen molar-refractivity contribution in [1.29, 1.82) is 0 Å². The van der Waals surface area contributed by atoms with Gasteiger partial charge in [-0.2, -0.15) is 0 Å². The van der Waals surface area contributed by atoms with Crippen LogP contribution in [0.25, 0.3) is 0 Å². The number of ether oxygens (including phenoxy) is 1. The van der Waals surface area contributed by atoms with Crippen LogP contribution in [0.2, 0.25) is 0 Å². The molecule has 0 aromatic heterocycles. The van der Waals surface area contributed by atoms with E-state index in [0.29, 0.717) is 27.9 Å². The van der Waals surface area contributed by atoms with Crippen molar-refractivity contribution >= 4 is 133 Å². The molecular weight excluding hydrogens is 1250 g/mol. The molecule has 7 nitrogen and oxygen atoms in total. The molecule has 2 aromatic rings. The Hall–Kier alpha value is 3.46. The van der Waals surface area contributed by atoms with Gasteiger partial charge in [0.05, 0.1) is 41.0 Å². The summed E-state index contributed by atoms with van der Waals surface area (Å²) in [7, 11) is -1.18. The normalized spacial score (nSPS) is 14.3. The summed E-state index contributed by atoms with van der Waals surface area (Å²) in [6.07, 6.45) is 5.13. The van der Waals surface area contributed by atoms with Crippen molar-refractivity contribution in [1.82, 2.24) is 0 Å². The molecule has 4 rings (SSSR count). The van der Waals surface area contributed by atoms with Gasteiger partial charge in [0, 0.05) is 21.3 Å². The van der Waals surface area contributed by atoms with E-state index in [1.54, 1.807) is 31.2 Å². The Labute approximate surface area is 348 Å². The third-order valence-electron chi connectivity index (χ3n) is 5.55. The molecule has 0 radical (unpaired) electrons. The van der Waals surface area contributed by atoms with Crippen LogP contribution in [-0.2, 0) is 63.2 Å². The van der Waals surface area contributed by atoms with E-state index in [0.717, 1.165) is 32.4 Å². The maximum absolute atomic E-state index is 12.0. The van der Waals surface area contributed by atoms with E-state index in [4.69, 9.17) is 9.84 Å². The SMILES string of the molecule is CCOC(=O)Cc1ccc(S(=O)CC2CC2)cc1.O=C(O)Cc1ccc(S(=O)CC2CC2)cc1.[I][V]([I])[I].[I][V][I].[Na+].[OH-]. The number of aliphatic carboxylic acids is 1. The molecule has 2 aliphatic carbocycles. The number of halogens is 5. The Morgan fingerprint density at radius 3 is 1.44 bits per heavy atom. The van der Waals surface area contributed by atoms with Gasteiger partial charge in [0.1, 0.15) is 0 Å². The molecule has 0 saturated heterocycles. The molecule has 43 heavy (non-hydrogen) atoms. The fourth-order valence-corrected chi connectivity index (χ4v) is 6.05. The van der Waals surface area contributed by atoms with Crippen LogP contribution in [0, 0.1) is 11.8 Å². The summed E-state index contributed by atoms with van der Waals surface area (Å²) in [6.45, 7) is 2.20. The van der Waals surface area contributed by atoms with E-state index < -0.39 is 27.6 Å². The molecule has 2 fully saturated rings. The summed E-state index contributed by atoms with van der Waals surface area (Å²) in [5, 5.41) is 8.61. The minimum absolute atomic E-state index is 0. The van der Waals surface area contributed by atoms with E-state index >= 15 is 0 Å². The molecule has 2 atom stereocenters. The zero-order valence-corrected chi connectivity index (χ0v) is 40.9. The smallest absolute Gasteiger partial charge is 0.870 e. The monoisotopic (exact) mass is 1280 g/mol. The van der Waals surface area contributed by atoms with Crippen molar-refractivity contribution in [3.63, 3.8) is 0 Å². The second-order valence-corrected chi connectivity index (χ2v) is 59.2. The van der Waals surface area contributed by atoms with Crippen LogP contribution < -0.4 is 29.6 Å². The minimum atomic E-state index is -0.919. The number of carbonyl (C=O) groups excluding carboxylic acids is 1. The number of carboxylic acids is 1. The second-order valence-electron chi connectivity index (χ2n) is 9.01. The maximum atomic E-state index is 12.0. The molecule has 2 aromatic carbocycles. The first-order valence-electron chi connectivity index (χ1n) is 12.5. The topological polar surface area (TPSA) is 128 Å². The van der Waals surface area contributed by atoms with Gasteiger partial charge in [-0.15, -0.1) is 0 Å². The molecular formula is C26H33I5NaO7S2V2. The zero-order valence-electron chi connectivity index (χ0n) is 23.7. The standard InChI is InChI=1S/C14H18O3S.C12H14O3S.5HI.Na.H2O.2V/c1-2-17-14(15)9-11-5-7-13(8-6-11)18(16)10-12-3-4-12;13-12(14)7-9-3-5-11(6-4-9)16(15)8-10-1-2-10;;;;;;;;;/h5-8,12H,2-4,9-10H2,1H3;3-6,10H,1-2,7-8H2,(H,13,14);5*1H;;1H2;;/q;;;;;;;+1;;+2;+3/p-6. The van der Waals surface area contributed by atoms with E-state index in [1.807, 2.05) is 24.3 Å². The third kappa shape index (κ3) is 26.9. The van der Waals surface area contributed by atoms with Crippen LogP contribution in [0.4, 0.5) is 0 Å². The maximum Gasteiger partial charge on any atom is 1.00 e. The van der Waals surface area contributed by atoms with Crippen molar-refractivity contribution in [3.8, 4) is 0 Å². The predicted molar refractivity (Wildman–Crippen MR) is 205 cm³/mol. The number of hydrogen-bond acceptors (Lipinski definition) is 6. The molecule has 2 N–H and O–H groups in total. The summed E-state index contributed by atoms with van der Waals surface area (Å²) >= 11 is 12.1. The zero-order chi connectivity index (χ0) is 30.8. The van der Waals surface area contributed by atoms with Gasteiger partial charge < -0.3 is 15.3 Å². The van der Waals surface area contributed by atoms with Gasteiger partial charge >= 0.3 is 156 Å². The van der Waals surface area contributed by atoms with E-state index in [9.17, 15) is 18.0 Å². The third-order valence-corrected chi connectivity index (χ3v) is 8.69. The van der Waals surface area contributed by atoms with Gasteiger partial charge in [0.25, 0.3) is 0 Å². The van der Waals surface area contributed by atoms with E-state index in [-0.39, 0.29) is 58.8 Å². The summed E-state index contributed by atoms with van der Waals surface area (Å²) in [5.74, 6) is 1.76. The molecule has 2 unspecified atom stereocenters. The fourth-order valence-electron chi connectivity index (χ4n) is 3.26. The first-order chi connectivity index (χ1) is 19.5. The summed E-state index contributed by atoms with van der Waals surface area (Å²) in [5.41, 5.74) is 1.65. The number of esters is 1. The van der Waals surface area contributed by atoms with Crippen molar-refractivity contribution in [3.05, 3.63) is 59.7 Å². The average molecular weight is 1280 g/mol. The second kappa shape index (κ2) is 29.2. The van der Waals surface area contributed by atoms with E-state index in [2.05, 4.69) is 99.9 Å². The van der Waals surface area contributed by atoms with Gasteiger partial charge in [-0.3, -0.25) is 18.0 Å². The summed E-state index contributed by atoms with van der Waals surface area (Å²) < 4.78 is 28.7. The van der Waals surface area contributed by atoms with Crippen molar-refractivity contribution in [2.24, 2.45) is 11.8 Å². The van der Waals surface area contributed by atoms with E-state index in [1.165, 1.54) is 25.7 Å². The Balaban J connectivity index is 0. The average Bonchev–Trinajstić information content (AvgIpc) is 3.83. The van der Waals surface area contributed by atoms with Gasteiger partial charge in [0.15, 0.2) is 0 Å². The van der Waals surface area contributed by atoms with Crippen molar-refractivity contribution in [2.75, 3.05) is 18.1 Å². The fraction of sp³-hybridized carbons (Fsp3) is 0.462. The molecule has 0 aliphatic heterocycles. The van der Waals surface area contributed by atoms with Gasteiger partial charge in [-0.1, -0.05) is 24.3 Å². The van der Waals surface area contributed by atoms with Crippen LogP contribution in [-0.4, -0.2) is 49.1 Å². The Bertz CT molecular complexity index is 1110. The molecule has 237 valence electrons. The number of hydrogen-bond donors (Lipinski definition) is 1. The Morgan fingerprint density at radius 1 is 0.837 bits per heavy atom. The van der Waals surface area contributed by atoms with Crippen LogP contribution in [0.1, 0.15) is 43.7 Å². The predicted octanol–water partition coefficient (Wildman–Crippen LogP) is 5.39. The van der Waals surface area contributed by atoms with Gasteiger partial charge in [0.2, 0.25) is 0 Å². The minimum Gasteiger partial charge on any atom is -0.870 e. The molecule has 2 saturated carbocycles. The molecule has 0 amide bonds. The van der Waals surface area contributed by atoms with Crippen molar-refractivity contribution < 1.29 is 77.3 Å². The summed E-state index contributed by atoms with van der Waals surface area (Å²) in [4.78, 5) is 23.2. The molecule has 0 bridgehead atoms. The number of rotatable bonds is 11. The van der Waals surface area contributed by atoms with Crippen LogP contribution in [0.5, 0.6) is 0 Å². The number of carboxylic acid groups (broad SMARTS) is 1. The quantitative estimate of drug-likeness (QED) is 0.182.